The van der Waals surface area contributed by atoms with Crippen LogP contribution in [-0.4, -0.2) is 41.5 Å². The maximum Gasteiger partial charge on any atom is 0.241 e. The Kier molecular flexibility index (Phi) is 7.44. The van der Waals surface area contributed by atoms with Gasteiger partial charge in [0.25, 0.3) is 0 Å². The van der Waals surface area contributed by atoms with E-state index in [0.717, 1.165) is 24.8 Å². The summed E-state index contributed by atoms with van der Waals surface area (Å²) in [5.74, 6) is 0.561. The molecule has 5 nitrogen and oxygen atoms in total. The van der Waals surface area contributed by atoms with E-state index in [4.69, 9.17) is 0 Å². The van der Waals surface area contributed by atoms with Crippen molar-refractivity contribution < 1.29 is 14.7 Å². The van der Waals surface area contributed by atoms with Crippen LogP contribution in [0, 0.1) is 11.8 Å². The summed E-state index contributed by atoms with van der Waals surface area (Å²) in [7, 11) is 0. The van der Waals surface area contributed by atoms with E-state index in [1.807, 2.05) is 30.3 Å². The van der Waals surface area contributed by atoms with Crippen LogP contribution in [0.4, 0.5) is 0 Å². The Balaban J connectivity index is 1.72. The number of nitrogens with one attached hydrogen (secondary N) is 1. The fourth-order valence-electron chi connectivity index (χ4n) is 3.18. The van der Waals surface area contributed by atoms with Crippen LogP contribution in [0.15, 0.2) is 30.3 Å². The summed E-state index contributed by atoms with van der Waals surface area (Å²) in [6.45, 7) is 5.49. The molecule has 138 valence electrons. The number of nitrogens with zero attached hydrogens (tertiary/aromatic N) is 1. The van der Waals surface area contributed by atoms with Gasteiger partial charge in [-0.25, -0.2) is 0 Å². The lowest BCUT2D eigenvalue weighted by Crippen LogP contribution is -2.44. The summed E-state index contributed by atoms with van der Waals surface area (Å²) < 4.78 is 0. The second-order valence-electron chi connectivity index (χ2n) is 7.28. The Morgan fingerprint density at radius 2 is 1.84 bits per heavy atom. The van der Waals surface area contributed by atoms with Gasteiger partial charge in [-0.2, -0.15) is 0 Å². The topological polar surface area (TPSA) is 69.6 Å². The van der Waals surface area contributed by atoms with Crippen LogP contribution in [0.1, 0.15) is 51.2 Å². The van der Waals surface area contributed by atoms with Gasteiger partial charge in [-0.1, -0.05) is 44.2 Å². The molecule has 2 amide bonds. The summed E-state index contributed by atoms with van der Waals surface area (Å²) in [5, 5.41) is 13.2. The molecule has 0 spiro atoms. The summed E-state index contributed by atoms with van der Waals surface area (Å²) in [6, 6.07) is 9.68. The van der Waals surface area contributed by atoms with E-state index >= 15 is 0 Å². The van der Waals surface area contributed by atoms with Gasteiger partial charge in [0.1, 0.15) is 0 Å². The largest absolute Gasteiger partial charge is 0.388 e. The van der Waals surface area contributed by atoms with Gasteiger partial charge in [0.15, 0.2) is 0 Å². The summed E-state index contributed by atoms with van der Waals surface area (Å²) in [5.41, 5.74) is 0.935. The third kappa shape index (κ3) is 6.16. The molecule has 1 aromatic rings. The molecule has 1 fully saturated rings. The van der Waals surface area contributed by atoms with E-state index in [2.05, 4.69) is 19.2 Å². The fraction of sp³-hybridized carbons (Fsp3) is 0.600. The highest BCUT2D eigenvalue weighted by atomic mass is 16.3. The molecule has 0 bridgehead atoms. The van der Waals surface area contributed by atoms with Crippen molar-refractivity contribution in [2.75, 3.05) is 19.6 Å². The monoisotopic (exact) mass is 346 g/mol. The summed E-state index contributed by atoms with van der Waals surface area (Å²) in [4.78, 5) is 25.7. The number of hydrogen-bond donors (Lipinski definition) is 2. The number of piperidine rings is 1. The van der Waals surface area contributed by atoms with E-state index in [-0.39, 0.29) is 24.3 Å². The number of aliphatic hydroxyl groups is 1. The van der Waals surface area contributed by atoms with Crippen molar-refractivity contribution in [2.45, 2.75) is 45.6 Å². The van der Waals surface area contributed by atoms with Crippen LogP contribution in [0.5, 0.6) is 0 Å². The van der Waals surface area contributed by atoms with Gasteiger partial charge >= 0.3 is 0 Å². The maximum atomic E-state index is 12.2. The predicted molar refractivity (Wildman–Crippen MR) is 97.8 cm³/mol. The highest BCUT2D eigenvalue weighted by molar-refractivity contribution is 5.84. The first-order valence-electron chi connectivity index (χ1n) is 9.25. The molecule has 1 atom stereocenters. The molecule has 1 saturated heterocycles. The quantitative estimate of drug-likeness (QED) is 0.797. The number of hydrogen-bond acceptors (Lipinski definition) is 3. The maximum absolute atomic E-state index is 12.2. The molecule has 0 saturated carbocycles. The Bertz CT molecular complexity index is 551. The zero-order valence-electron chi connectivity index (χ0n) is 15.3. The van der Waals surface area contributed by atoms with Gasteiger partial charge in [-0.05, 0) is 36.7 Å². The smallest absolute Gasteiger partial charge is 0.241 e. The van der Waals surface area contributed by atoms with Crippen molar-refractivity contribution in [1.29, 1.82) is 0 Å². The summed E-state index contributed by atoms with van der Waals surface area (Å²) >= 11 is 0. The molecule has 1 aromatic carbocycles. The summed E-state index contributed by atoms with van der Waals surface area (Å²) in [6.07, 6.45) is 2.39. The van der Waals surface area contributed by atoms with Crippen LogP contribution in [0.3, 0.4) is 0 Å². The SMILES string of the molecule is CC(C)CCC(=O)NCC(=O)N1CCC(C(O)c2ccccc2)CC1. The first-order chi connectivity index (χ1) is 12.0. The van der Waals surface area contributed by atoms with Gasteiger partial charge in [-0.3, -0.25) is 9.59 Å². The highest BCUT2D eigenvalue weighted by Crippen LogP contribution is 2.30. The van der Waals surface area contributed by atoms with E-state index in [0.29, 0.717) is 25.4 Å². The van der Waals surface area contributed by atoms with E-state index in [1.54, 1.807) is 4.90 Å². The van der Waals surface area contributed by atoms with E-state index < -0.39 is 6.10 Å². The molecule has 0 radical (unpaired) electrons. The average molecular weight is 346 g/mol. The van der Waals surface area contributed by atoms with Crippen LogP contribution < -0.4 is 5.32 Å². The second-order valence-corrected chi connectivity index (χ2v) is 7.28. The zero-order chi connectivity index (χ0) is 18.2. The first kappa shape index (κ1) is 19.4. The van der Waals surface area contributed by atoms with Crippen LogP contribution in [0.25, 0.3) is 0 Å². The van der Waals surface area contributed by atoms with Crippen LogP contribution in [0.2, 0.25) is 0 Å². The third-order valence-electron chi connectivity index (χ3n) is 4.87. The third-order valence-corrected chi connectivity index (χ3v) is 4.87. The van der Waals surface area contributed by atoms with E-state index in [1.165, 1.54) is 0 Å². The molecular weight excluding hydrogens is 316 g/mol. The number of rotatable bonds is 7. The minimum atomic E-state index is -0.478. The van der Waals surface area contributed by atoms with Crippen molar-refractivity contribution in [2.24, 2.45) is 11.8 Å². The minimum Gasteiger partial charge on any atom is -0.388 e. The van der Waals surface area contributed by atoms with E-state index in [9.17, 15) is 14.7 Å². The fourth-order valence-corrected chi connectivity index (χ4v) is 3.18. The van der Waals surface area contributed by atoms with Gasteiger partial charge < -0.3 is 15.3 Å². The van der Waals surface area contributed by atoms with Crippen LogP contribution in [-0.2, 0) is 9.59 Å². The lowest BCUT2D eigenvalue weighted by molar-refractivity contribution is -0.134. The Labute approximate surface area is 150 Å². The number of carbonyl (C=O) groups is 2. The first-order valence-corrected chi connectivity index (χ1v) is 9.25. The molecule has 1 aliphatic heterocycles. The lowest BCUT2D eigenvalue weighted by atomic mass is 9.87. The molecule has 1 aliphatic rings. The van der Waals surface area contributed by atoms with Gasteiger partial charge in [0, 0.05) is 19.5 Å². The number of carbonyl (C=O) groups excluding carboxylic acids is 2. The Morgan fingerprint density at radius 1 is 1.20 bits per heavy atom. The van der Waals surface area contributed by atoms with Crippen molar-refractivity contribution in [3.63, 3.8) is 0 Å². The Hall–Kier alpha value is -1.88. The number of likely N-dealkylation sites (tertiary alicyclic amines) is 1. The molecular formula is C20H30N2O3. The molecule has 0 aromatic heterocycles. The molecule has 1 unspecified atom stereocenters. The van der Waals surface area contributed by atoms with Gasteiger partial charge in [0.05, 0.1) is 12.6 Å². The lowest BCUT2D eigenvalue weighted by Gasteiger charge is -2.34. The highest BCUT2D eigenvalue weighted by Gasteiger charge is 2.28. The number of amides is 2. The number of benzene rings is 1. The predicted octanol–water partition coefficient (Wildman–Crippen LogP) is 2.51. The zero-order valence-corrected chi connectivity index (χ0v) is 15.3. The van der Waals surface area contributed by atoms with Crippen molar-refractivity contribution in [3.05, 3.63) is 35.9 Å². The Morgan fingerprint density at radius 3 is 2.44 bits per heavy atom. The molecule has 25 heavy (non-hydrogen) atoms. The molecule has 0 aliphatic carbocycles. The average Bonchev–Trinajstić information content (AvgIpc) is 2.64. The second kappa shape index (κ2) is 9.56. The standard InChI is InChI=1S/C20H30N2O3/c1-15(2)8-9-18(23)21-14-19(24)22-12-10-17(11-13-22)20(25)16-6-4-3-5-7-16/h3-7,15,17,20,25H,8-14H2,1-2H3,(H,21,23). The van der Waals surface area contributed by atoms with Crippen molar-refractivity contribution in [1.82, 2.24) is 10.2 Å². The molecule has 2 rings (SSSR count). The molecule has 1 heterocycles. The molecule has 2 N–H and O–H groups in total. The van der Waals surface area contributed by atoms with Crippen molar-refractivity contribution >= 4 is 11.8 Å². The number of aliphatic hydroxyl groups excluding tert-OH is 1. The molecule has 5 heteroatoms. The minimum absolute atomic E-state index is 0.0365. The van der Waals surface area contributed by atoms with Crippen LogP contribution >= 0.6 is 0 Å². The van der Waals surface area contributed by atoms with Crippen molar-refractivity contribution in [3.8, 4) is 0 Å². The van der Waals surface area contributed by atoms with Gasteiger partial charge in [0.2, 0.25) is 11.8 Å². The normalized spacial score (nSPS) is 16.7. The van der Waals surface area contributed by atoms with Gasteiger partial charge in [-0.15, -0.1) is 0 Å².